The predicted molar refractivity (Wildman–Crippen MR) is 99.9 cm³/mol. The van der Waals surface area contributed by atoms with E-state index in [1.54, 1.807) is 30.3 Å². The zero-order chi connectivity index (χ0) is 20.1. The third-order valence-corrected chi connectivity index (χ3v) is 4.59. The normalized spacial score (nSPS) is 11.9. The molecule has 0 spiro atoms. The minimum atomic E-state index is -4.47. The molecule has 0 saturated carbocycles. The number of alkyl halides is 3. The van der Waals surface area contributed by atoms with Crippen LogP contribution in [-0.2, 0) is 6.18 Å². The van der Waals surface area contributed by atoms with E-state index < -0.39 is 17.3 Å². The van der Waals surface area contributed by atoms with Crippen molar-refractivity contribution in [1.82, 2.24) is 9.55 Å². The van der Waals surface area contributed by atoms with Crippen LogP contribution in [-0.4, -0.2) is 15.3 Å². The highest BCUT2D eigenvalue weighted by Crippen LogP contribution is 2.30. The summed E-state index contributed by atoms with van der Waals surface area (Å²) in [6.45, 7) is 1.41. The van der Waals surface area contributed by atoms with Gasteiger partial charge < -0.3 is 0 Å². The van der Waals surface area contributed by atoms with Crippen molar-refractivity contribution in [2.24, 2.45) is 0 Å². The Morgan fingerprint density at radius 3 is 2.21 bits per heavy atom. The number of halogens is 3. The maximum Gasteiger partial charge on any atom is 0.416 e. The van der Waals surface area contributed by atoms with E-state index in [2.05, 4.69) is 4.98 Å². The number of Topliss-reactive ketones (excluding diaryl/α,β-unsaturated/α-hetero) is 1. The van der Waals surface area contributed by atoms with Crippen molar-refractivity contribution in [2.45, 2.75) is 13.1 Å². The van der Waals surface area contributed by atoms with Crippen LogP contribution in [0.4, 0.5) is 13.2 Å². The van der Waals surface area contributed by atoms with Gasteiger partial charge in [-0.15, -0.1) is 0 Å². The van der Waals surface area contributed by atoms with Gasteiger partial charge in [0.1, 0.15) is 5.65 Å². The van der Waals surface area contributed by atoms with Gasteiger partial charge in [0.25, 0.3) is 5.56 Å². The second-order valence-electron chi connectivity index (χ2n) is 6.38. The molecule has 0 aliphatic heterocycles. The molecule has 0 aliphatic rings. The number of ketones is 1. The number of hydrogen-bond acceptors (Lipinski definition) is 3. The Hall–Kier alpha value is -3.48. The monoisotopic (exact) mass is 382 g/mol. The second kappa shape index (κ2) is 6.30. The Balaban J connectivity index is 2.08. The zero-order valence-electron chi connectivity index (χ0n) is 14.6. The first-order valence-corrected chi connectivity index (χ1v) is 8.39. The molecular weight excluding hydrogens is 369 g/mol. The number of carbonyl (C=O) groups excluding carboxylic acids is 1. The van der Waals surface area contributed by atoms with E-state index in [1.165, 1.54) is 29.8 Å². The van der Waals surface area contributed by atoms with E-state index in [-0.39, 0.29) is 17.1 Å². The highest BCUT2D eigenvalue weighted by molar-refractivity contribution is 6.07. The number of pyridine rings is 2. The van der Waals surface area contributed by atoms with Crippen molar-refractivity contribution in [3.05, 3.63) is 82.3 Å². The number of fused-ring (bicyclic) bond motifs is 3. The van der Waals surface area contributed by atoms with Crippen LogP contribution in [0.1, 0.15) is 22.8 Å². The number of hydrogen-bond donors (Lipinski definition) is 0. The lowest BCUT2D eigenvalue weighted by molar-refractivity contribution is -0.137. The Morgan fingerprint density at radius 1 is 0.964 bits per heavy atom. The SMILES string of the molecule is CC(=O)c1cnc2c(c1)c1ccccc1c(=O)n2-c1ccc(C(F)(F)F)cc1. The number of benzene rings is 2. The van der Waals surface area contributed by atoms with Gasteiger partial charge in [0.2, 0.25) is 0 Å². The largest absolute Gasteiger partial charge is 0.416 e. The number of aromatic nitrogens is 2. The van der Waals surface area contributed by atoms with Gasteiger partial charge in [-0.3, -0.25) is 14.2 Å². The highest BCUT2D eigenvalue weighted by Gasteiger charge is 2.30. The third-order valence-electron chi connectivity index (χ3n) is 4.59. The summed E-state index contributed by atoms with van der Waals surface area (Å²) in [6.07, 6.45) is -3.11. The molecule has 7 heteroatoms. The van der Waals surface area contributed by atoms with Gasteiger partial charge in [-0.05, 0) is 48.7 Å². The van der Waals surface area contributed by atoms with Crippen LogP contribution in [0.25, 0.3) is 27.5 Å². The molecule has 4 aromatic rings. The molecule has 0 N–H and O–H groups in total. The Kier molecular flexibility index (Phi) is 4.03. The molecular formula is C21H13F3N2O2. The molecule has 0 unspecified atom stereocenters. The predicted octanol–water partition coefficient (Wildman–Crippen LogP) is 4.76. The number of carbonyl (C=O) groups is 1. The van der Waals surface area contributed by atoms with Crippen LogP contribution in [0.3, 0.4) is 0 Å². The van der Waals surface area contributed by atoms with Gasteiger partial charge in [0.05, 0.1) is 11.3 Å². The summed E-state index contributed by atoms with van der Waals surface area (Å²) in [7, 11) is 0. The molecule has 28 heavy (non-hydrogen) atoms. The average molecular weight is 382 g/mol. The van der Waals surface area contributed by atoms with Crippen molar-refractivity contribution >= 4 is 27.6 Å². The van der Waals surface area contributed by atoms with E-state index in [0.29, 0.717) is 21.7 Å². The third kappa shape index (κ3) is 2.85. The Labute approximate surface area is 156 Å². The van der Waals surface area contributed by atoms with Gasteiger partial charge in [-0.1, -0.05) is 18.2 Å². The van der Waals surface area contributed by atoms with Gasteiger partial charge in [-0.25, -0.2) is 4.98 Å². The average Bonchev–Trinajstić information content (AvgIpc) is 2.67. The molecule has 4 nitrogen and oxygen atoms in total. The van der Waals surface area contributed by atoms with E-state index in [4.69, 9.17) is 0 Å². The Bertz CT molecular complexity index is 1290. The molecule has 4 rings (SSSR count). The lowest BCUT2D eigenvalue weighted by Gasteiger charge is -2.14. The summed E-state index contributed by atoms with van der Waals surface area (Å²) < 4.78 is 39.9. The van der Waals surface area contributed by atoms with Gasteiger partial charge >= 0.3 is 6.18 Å². The molecule has 0 saturated heterocycles. The summed E-state index contributed by atoms with van der Waals surface area (Å²) in [5, 5.41) is 1.58. The van der Waals surface area contributed by atoms with Crippen LogP contribution >= 0.6 is 0 Å². The van der Waals surface area contributed by atoms with E-state index in [9.17, 15) is 22.8 Å². The van der Waals surface area contributed by atoms with Crippen molar-refractivity contribution in [3.8, 4) is 5.69 Å². The smallest absolute Gasteiger partial charge is 0.294 e. The van der Waals surface area contributed by atoms with Crippen LogP contribution < -0.4 is 5.56 Å². The van der Waals surface area contributed by atoms with Crippen molar-refractivity contribution in [1.29, 1.82) is 0 Å². The van der Waals surface area contributed by atoms with Gasteiger partial charge in [0, 0.05) is 22.5 Å². The molecule has 2 aromatic carbocycles. The first-order chi connectivity index (χ1) is 13.3. The lowest BCUT2D eigenvalue weighted by atomic mass is 10.1. The van der Waals surface area contributed by atoms with Crippen LogP contribution in [0.5, 0.6) is 0 Å². The maximum absolute atomic E-state index is 13.1. The summed E-state index contributed by atoms with van der Waals surface area (Å²) in [4.78, 5) is 29.1. The number of rotatable bonds is 2. The van der Waals surface area contributed by atoms with Gasteiger partial charge in [-0.2, -0.15) is 13.2 Å². The topological polar surface area (TPSA) is 52.0 Å². The maximum atomic E-state index is 13.1. The molecule has 140 valence electrons. The van der Waals surface area contributed by atoms with E-state index in [1.807, 2.05) is 0 Å². The first kappa shape index (κ1) is 17.9. The fourth-order valence-electron chi connectivity index (χ4n) is 3.19. The summed E-state index contributed by atoms with van der Waals surface area (Å²) in [6, 6.07) is 12.8. The number of nitrogens with zero attached hydrogens (tertiary/aromatic N) is 2. The summed E-state index contributed by atoms with van der Waals surface area (Å²) in [5.41, 5.74) is -0.285. The minimum Gasteiger partial charge on any atom is -0.294 e. The standard InChI is InChI=1S/C21H13F3N2O2/c1-12(27)13-10-18-16-4-2-3-5-17(16)20(28)26(19(18)25-11-13)15-8-6-14(7-9-15)21(22,23)24/h2-11H,1H3. The first-order valence-electron chi connectivity index (χ1n) is 8.39. The van der Waals surface area contributed by atoms with Crippen molar-refractivity contribution in [3.63, 3.8) is 0 Å². The molecule has 0 fully saturated rings. The molecule has 0 amide bonds. The quantitative estimate of drug-likeness (QED) is 0.371. The molecule has 0 aliphatic carbocycles. The van der Waals surface area contributed by atoms with Crippen LogP contribution in [0.2, 0.25) is 0 Å². The van der Waals surface area contributed by atoms with Crippen molar-refractivity contribution < 1.29 is 18.0 Å². The molecule has 0 radical (unpaired) electrons. The Morgan fingerprint density at radius 2 is 1.61 bits per heavy atom. The molecule has 2 heterocycles. The second-order valence-corrected chi connectivity index (χ2v) is 6.38. The lowest BCUT2D eigenvalue weighted by Crippen LogP contribution is -2.20. The summed E-state index contributed by atoms with van der Waals surface area (Å²) >= 11 is 0. The van der Waals surface area contributed by atoms with Crippen LogP contribution in [0.15, 0.2) is 65.6 Å². The molecule has 0 atom stereocenters. The fourth-order valence-corrected chi connectivity index (χ4v) is 3.19. The minimum absolute atomic E-state index is 0.175. The fraction of sp³-hybridized carbons (Fsp3) is 0.0952. The van der Waals surface area contributed by atoms with E-state index in [0.717, 1.165) is 12.1 Å². The zero-order valence-corrected chi connectivity index (χ0v) is 14.6. The van der Waals surface area contributed by atoms with Crippen molar-refractivity contribution in [2.75, 3.05) is 0 Å². The van der Waals surface area contributed by atoms with E-state index >= 15 is 0 Å². The van der Waals surface area contributed by atoms with Crippen LogP contribution in [0, 0.1) is 0 Å². The highest BCUT2D eigenvalue weighted by atomic mass is 19.4. The molecule has 0 bridgehead atoms. The summed E-state index contributed by atoms with van der Waals surface area (Å²) in [5.74, 6) is -0.175. The van der Waals surface area contributed by atoms with Gasteiger partial charge in [0.15, 0.2) is 5.78 Å². The molecule has 2 aromatic heterocycles.